The molecule has 1 aromatic carbocycles. The van der Waals surface area contributed by atoms with Gasteiger partial charge in [0.2, 0.25) is 0 Å². The van der Waals surface area contributed by atoms with Gasteiger partial charge in [0.05, 0.1) is 4.91 Å². The Balaban J connectivity index is 2.04. The molecular weight excluding hydrogens is 276 g/mol. The van der Waals surface area contributed by atoms with E-state index in [9.17, 15) is 18.4 Å². The number of imide groups is 1. The Labute approximate surface area is 111 Å². The second kappa shape index (κ2) is 5.83. The summed E-state index contributed by atoms with van der Waals surface area (Å²) in [4.78, 5) is 22.6. The molecule has 0 aromatic heterocycles. The van der Waals surface area contributed by atoms with Gasteiger partial charge in [0.1, 0.15) is 12.4 Å². The molecule has 0 aliphatic carbocycles. The standard InChI is InChI=1S/C12H9F2NO3S/c13-10(14)6-18-8-3-1-7(2-4-8)5-9-11(16)15-12(17)19-9/h1-5,10H,6H2,(H,15,16,17)/b9-5-. The third-order valence-corrected chi connectivity index (χ3v) is 3.01. The number of carbonyl (C=O) groups is 2. The van der Waals surface area contributed by atoms with Crippen molar-refractivity contribution < 1.29 is 23.1 Å². The van der Waals surface area contributed by atoms with Crippen molar-refractivity contribution in [1.82, 2.24) is 5.32 Å². The van der Waals surface area contributed by atoms with Crippen LogP contribution < -0.4 is 10.1 Å². The minimum atomic E-state index is -2.52. The minimum Gasteiger partial charge on any atom is -0.488 e. The number of carbonyl (C=O) groups excluding carboxylic acids is 2. The van der Waals surface area contributed by atoms with Crippen molar-refractivity contribution in [3.8, 4) is 5.75 Å². The monoisotopic (exact) mass is 285 g/mol. The van der Waals surface area contributed by atoms with Gasteiger partial charge in [-0.2, -0.15) is 0 Å². The second-order valence-electron chi connectivity index (χ2n) is 3.62. The van der Waals surface area contributed by atoms with E-state index in [4.69, 9.17) is 4.74 Å². The molecule has 2 amide bonds. The van der Waals surface area contributed by atoms with Crippen molar-refractivity contribution in [2.24, 2.45) is 0 Å². The maximum atomic E-state index is 11.9. The van der Waals surface area contributed by atoms with E-state index in [1.165, 1.54) is 12.1 Å². The summed E-state index contributed by atoms with van der Waals surface area (Å²) in [7, 11) is 0. The fraction of sp³-hybridized carbons (Fsp3) is 0.167. The fourth-order valence-corrected chi connectivity index (χ4v) is 2.07. The first-order chi connectivity index (χ1) is 9.04. The third kappa shape index (κ3) is 3.78. The first-order valence-electron chi connectivity index (χ1n) is 5.30. The first kappa shape index (κ1) is 13.5. The van der Waals surface area contributed by atoms with Crippen molar-refractivity contribution in [2.45, 2.75) is 6.43 Å². The molecule has 1 fully saturated rings. The average Bonchev–Trinajstić information content (AvgIpc) is 2.67. The number of hydrogen-bond donors (Lipinski definition) is 1. The lowest BCUT2D eigenvalue weighted by Gasteiger charge is -2.05. The Morgan fingerprint density at radius 2 is 1.95 bits per heavy atom. The molecule has 1 aliphatic heterocycles. The molecule has 0 atom stereocenters. The van der Waals surface area contributed by atoms with Gasteiger partial charge in [-0.05, 0) is 35.5 Å². The summed E-state index contributed by atoms with van der Waals surface area (Å²) >= 11 is 0.818. The van der Waals surface area contributed by atoms with Gasteiger partial charge in [0.25, 0.3) is 17.6 Å². The van der Waals surface area contributed by atoms with Crippen LogP contribution in [0, 0.1) is 0 Å². The maximum Gasteiger partial charge on any atom is 0.290 e. The van der Waals surface area contributed by atoms with E-state index in [0.717, 1.165) is 11.8 Å². The molecule has 1 heterocycles. The minimum absolute atomic E-state index is 0.297. The quantitative estimate of drug-likeness (QED) is 0.864. The number of nitrogens with one attached hydrogen (secondary N) is 1. The number of hydrogen-bond acceptors (Lipinski definition) is 4. The van der Waals surface area contributed by atoms with E-state index in [0.29, 0.717) is 16.2 Å². The number of benzene rings is 1. The van der Waals surface area contributed by atoms with Crippen molar-refractivity contribution in [1.29, 1.82) is 0 Å². The molecule has 100 valence electrons. The Hall–Kier alpha value is -1.89. The van der Waals surface area contributed by atoms with Gasteiger partial charge >= 0.3 is 0 Å². The number of alkyl halides is 2. The third-order valence-electron chi connectivity index (χ3n) is 2.20. The molecule has 1 aromatic rings. The van der Waals surface area contributed by atoms with Gasteiger partial charge in [-0.1, -0.05) is 12.1 Å². The lowest BCUT2D eigenvalue weighted by molar-refractivity contribution is -0.115. The summed E-state index contributed by atoms with van der Waals surface area (Å²) in [6.45, 7) is -0.660. The molecule has 0 unspecified atom stereocenters. The van der Waals surface area contributed by atoms with Crippen LogP contribution in [0.5, 0.6) is 5.75 Å². The highest BCUT2D eigenvalue weighted by Gasteiger charge is 2.24. The molecule has 1 aliphatic rings. The van der Waals surface area contributed by atoms with Gasteiger partial charge in [-0.25, -0.2) is 8.78 Å². The van der Waals surface area contributed by atoms with Crippen molar-refractivity contribution >= 4 is 29.0 Å². The Kier molecular flexibility index (Phi) is 4.16. The van der Waals surface area contributed by atoms with Gasteiger partial charge in [0, 0.05) is 0 Å². The number of thioether (sulfide) groups is 1. The number of rotatable bonds is 4. The Morgan fingerprint density at radius 3 is 2.47 bits per heavy atom. The average molecular weight is 285 g/mol. The largest absolute Gasteiger partial charge is 0.488 e. The second-order valence-corrected chi connectivity index (χ2v) is 4.64. The normalized spacial score (nSPS) is 17.1. The first-order valence-corrected chi connectivity index (χ1v) is 6.12. The number of ether oxygens (including phenoxy) is 1. The molecule has 0 saturated carbocycles. The summed E-state index contributed by atoms with van der Waals surface area (Å²) in [5, 5.41) is 1.73. The van der Waals surface area contributed by atoms with Crippen LogP contribution in [0.4, 0.5) is 13.6 Å². The number of amides is 2. The van der Waals surface area contributed by atoms with Crippen LogP contribution in [-0.2, 0) is 4.79 Å². The van der Waals surface area contributed by atoms with Crippen LogP contribution in [0.3, 0.4) is 0 Å². The molecular formula is C12H9F2NO3S. The van der Waals surface area contributed by atoms with Gasteiger partial charge in [-0.15, -0.1) is 0 Å². The molecule has 1 saturated heterocycles. The highest BCUT2D eigenvalue weighted by atomic mass is 32.2. The summed E-state index contributed by atoms with van der Waals surface area (Å²) < 4.78 is 28.7. The van der Waals surface area contributed by atoms with Gasteiger partial charge < -0.3 is 4.74 Å². The summed E-state index contributed by atoms with van der Waals surface area (Å²) in [6, 6.07) is 6.27. The van der Waals surface area contributed by atoms with E-state index in [1.807, 2.05) is 0 Å². The molecule has 0 spiro atoms. The SMILES string of the molecule is O=C1NC(=O)/C(=C/c2ccc(OCC(F)F)cc2)S1. The summed E-state index contributed by atoms with van der Waals surface area (Å²) in [5.41, 5.74) is 0.678. The van der Waals surface area contributed by atoms with Crippen molar-refractivity contribution in [2.75, 3.05) is 6.61 Å². The molecule has 1 N–H and O–H groups in total. The zero-order valence-electron chi connectivity index (χ0n) is 9.56. The van der Waals surface area contributed by atoms with E-state index in [1.54, 1.807) is 18.2 Å². The van der Waals surface area contributed by atoms with Crippen LogP contribution in [0.15, 0.2) is 29.2 Å². The Morgan fingerprint density at radius 1 is 1.26 bits per heavy atom. The van der Waals surface area contributed by atoms with E-state index in [-0.39, 0.29) is 0 Å². The highest BCUT2D eigenvalue weighted by Crippen LogP contribution is 2.26. The zero-order chi connectivity index (χ0) is 13.8. The fourth-order valence-electron chi connectivity index (χ4n) is 1.39. The van der Waals surface area contributed by atoms with Crippen LogP contribution in [0.25, 0.3) is 6.08 Å². The lowest BCUT2D eigenvalue weighted by atomic mass is 10.2. The van der Waals surface area contributed by atoms with Crippen LogP contribution >= 0.6 is 11.8 Å². The molecule has 0 radical (unpaired) electrons. The smallest absolute Gasteiger partial charge is 0.290 e. The molecule has 0 bridgehead atoms. The van der Waals surface area contributed by atoms with Crippen molar-refractivity contribution in [3.63, 3.8) is 0 Å². The molecule has 2 rings (SSSR count). The summed E-state index contributed by atoms with van der Waals surface area (Å²) in [6.07, 6.45) is -0.978. The topological polar surface area (TPSA) is 55.4 Å². The zero-order valence-corrected chi connectivity index (χ0v) is 10.4. The van der Waals surface area contributed by atoms with E-state index < -0.39 is 24.2 Å². The van der Waals surface area contributed by atoms with E-state index >= 15 is 0 Å². The predicted molar refractivity (Wildman–Crippen MR) is 67.0 cm³/mol. The van der Waals surface area contributed by atoms with Crippen LogP contribution in [0.2, 0.25) is 0 Å². The van der Waals surface area contributed by atoms with Crippen LogP contribution in [0.1, 0.15) is 5.56 Å². The molecule has 7 heteroatoms. The lowest BCUT2D eigenvalue weighted by Crippen LogP contribution is -2.17. The number of halogens is 2. The Bertz CT molecular complexity index is 528. The van der Waals surface area contributed by atoms with Crippen LogP contribution in [-0.4, -0.2) is 24.2 Å². The van der Waals surface area contributed by atoms with Crippen molar-refractivity contribution in [3.05, 3.63) is 34.7 Å². The molecule has 4 nitrogen and oxygen atoms in total. The van der Waals surface area contributed by atoms with E-state index in [2.05, 4.69) is 5.32 Å². The highest BCUT2D eigenvalue weighted by molar-refractivity contribution is 8.18. The summed E-state index contributed by atoms with van der Waals surface area (Å²) in [5.74, 6) is -0.116. The maximum absolute atomic E-state index is 11.9. The predicted octanol–water partition coefficient (Wildman–Crippen LogP) is 2.65. The van der Waals surface area contributed by atoms with Gasteiger partial charge in [0.15, 0.2) is 0 Å². The van der Waals surface area contributed by atoms with Gasteiger partial charge in [-0.3, -0.25) is 14.9 Å². The molecule has 19 heavy (non-hydrogen) atoms.